The highest BCUT2D eigenvalue weighted by atomic mass is 127. The van der Waals surface area contributed by atoms with E-state index >= 15 is 0 Å². The molecule has 138 valence electrons. The number of nitrogens with zero attached hydrogens (tertiary/aromatic N) is 2. The van der Waals surface area contributed by atoms with E-state index in [9.17, 15) is 0 Å². The van der Waals surface area contributed by atoms with Crippen LogP contribution in [0.2, 0.25) is 0 Å². The Balaban J connectivity index is 0.00000288. The fourth-order valence-electron chi connectivity index (χ4n) is 2.26. The van der Waals surface area contributed by atoms with Crippen LogP contribution in [-0.4, -0.2) is 49.5 Å². The van der Waals surface area contributed by atoms with Gasteiger partial charge in [0.1, 0.15) is 0 Å². The Morgan fingerprint density at radius 2 is 2.38 bits per heavy atom. The number of guanidine groups is 1. The average molecular weight is 468 g/mol. The van der Waals surface area contributed by atoms with Crippen LogP contribution in [0.4, 0.5) is 0 Å². The van der Waals surface area contributed by atoms with Crippen molar-refractivity contribution in [3.05, 3.63) is 16.1 Å². The molecule has 2 atom stereocenters. The zero-order chi connectivity index (χ0) is 16.5. The van der Waals surface area contributed by atoms with Crippen molar-refractivity contribution in [3.63, 3.8) is 0 Å². The van der Waals surface area contributed by atoms with Gasteiger partial charge < -0.3 is 20.1 Å². The van der Waals surface area contributed by atoms with E-state index in [1.807, 2.05) is 0 Å². The monoisotopic (exact) mass is 468 g/mol. The highest BCUT2D eigenvalue weighted by Crippen LogP contribution is 2.11. The molecule has 8 heteroatoms. The predicted molar refractivity (Wildman–Crippen MR) is 109 cm³/mol. The van der Waals surface area contributed by atoms with E-state index in [0.29, 0.717) is 19.8 Å². The van der Waals surface area contributed by atoms with Gasteiger partial charge in [0.15, 0.2) is 5.96 Å². The van der Waals surface area contributed by atoms with Crippen molar-refractivity contribution >= 4 is 41.3 Å². The fourth-order valence-corrected chi connectivity index (χ4v) is 3.00. The van der Waals surface area contributed by atoms with Crippen molar-refractivity contribution in [1.82, 2.24) is 15.6 Å². The first kappa shape index (κ1) is 21.6. The molecular formula is C16H29IN4O2S. The number of nitrogens with one attached hydrogen (secondary N) is 2. The summed E-state index contributed by atoms with van der Waals surface area (Å²) < 4.78 is 11.2. The molecule has 1 fully saturated rings. The third-order valence-corrected chi connectivity index (χ3v) is 4.54. The van der Waals surface area contributed by atoms with Gasteiger partial charge >= 0.3 is 0 Å². The zero-order valence-electron chi connectivity index (χ0n) is 14.7. The quantitative estimate of drug-likeness (QED) is 0.349. The molecule has 0 spiro atoms. The molecular weight excluding hydrogens is 439 g/mol. The fraction of sp³-hybridized carbons (Fsp3) is 0.750. The number of aryl methyl sites for hydroxylation is 1. The lowest BCUT2D eigenvalue weighted by Crippen LogP contribution is -2.44. The Morgan fingerprint density at radius 3 is 3.00 bits per heavy atom. The second kappa shape index (κ2) is 12.0. The second-order valence-electron chi connectivity index (χ2n) is 5.65. The number of ether oxygens (including phenoxy) is 2. The van der Waals surface area contributed by atoms with Crippen LogP contribution < -0.4 is 10.6 Å². The van der Waals surface area contributed by atoms with E-state index in [1.54, 1.807) is 11.3 Å². The minimum atomic E-state index is 0. The van der Waals surface area contributed by atoms with Crippen molar-refractivity contribution in [1.29, 1.82) is 0 Å². The Bertz CT molecular complexity index is 492. The highest BCUT2D eigenvalue weighted by molar-refractivity contribution is 14.0. The van der Waals surface area contributed by atoms with Crippen molar-refractivity contribution in [2.75, 3.05) is 26.4 Å². The summed E-state index contributed by atoms with van der Waals surface area (Å²) in [7, 11) is 0. The van der Waals surface area contributed by atoms with Crippen molar-refractivity contribution in [3.8, 4) is 0 Å². The van der Waals surface area contributed by atoms with Crippen LogP contribution in [0, 0.1) is 0 Å². The van der Waals surface area contributed by atoms with Gasteiger partial charge in [-0.2, -0.15) is 0 Å². The summed E-state index contributed by atoms with van der Waals surface area (Å²) in [6.45, 7) is 9.87. The first-order chi connectivity index (χ1) is 11.2. The molecule has 0 amide bonds. The third kappa shape index (κ3) is 7.62. The van der Waals surface area contributed by atoms with Crippen molar-refractivity contribution in [2.45, 2.75) is 52.3 Å². The Morgan fingerprint density at radius 1 is 1.54 bits per heavy atom. The SMILES string of the molecule is CCNC(=NCc1csc(CC)n1)NC(C)COC1CCOC1.I. The topological polar surface area (TPSA) is 67.8 Å². The van der Waals surface area contributed by atoms with Gasteiger partial charge in [0, 0.05) is 24.6 Å². The van der Waals surface area contributed by atoms with Gasteiger partial charge in [0.2, 0.25) is 0 Å². The molecule has 0 bridgehead atoms. The van der Waals surface area contributed by atoms with Gasteiger partial charge in [-0.3, -0.25) is 0 Å². The van der Waals surface area contributed by atoms with Crippen LogP contribution in [0.5, 0.6) is 0 Å². The minimum absolute atomic E-state index is 0. The average Bonchev–Trinajstić information content (AvgIpc) is 3.22. The molecule has 0 saturated carbocycles. The first-order valence-corrected chi connectivity index (χ1v) is 9.26. The number of thiazole rings is 1. The second-order valence-corrected chi connectivity index (χ2v) is 6.59. The van der Waals surface area contributed by atoms with E-state index in [-0.39, 0.29) is 36.1 Å². The number of aliphatic imine (C=N–C) groups is 1. The number of aromatic nitrogens is 1. The summed E-state index contributed by atoms with van der Waals surface area (Å²) in [6.07, 6.45) is 2.21. The van der Waals surface area contributed by atoms with E-state index in [1.165, 1.54) is 0 Å². The molecule has 1 aromatic rings. The van der Waals surface area contributed by atoms with Crippen molar-refractivity contribution in [2.24, 2.45) is 4.99 Å². The molecule has 1 aliphatic rings. The highest BCUT2D eigenvalue weighted by Gasteiger charge is 2.17. The Labute approximate surface area is 165 Å². The molecule has 0 radical (unpaired) electrons. The molecule has 2 unspecified atom stereocenters. The maximum atomic E-state index is 5.84. The van der Waals surface area contributed by atoms with E-state index in [2.05, 4.69) is 46.8 Å². The Kier molecular flexibility index (Phi) is 10.8. The lowest BCUT2D eigenvalue weighted by molar-refractivity contribution is 0.0347. The standard InChI is InChI=1S/C16H28N4O2S.HI/c1-4-15-20-13(11-23-15)8-18-16(17-5-2)19-12(3)9-22-14-6-7-21-10-14;/h11-12,14H,4-10H2,1-3H3,(H2,17,18,19);1H. The summed E-state index contributed by atoms with van der Waals surface area (Å²) in [5.74, 6) is 0.803. The van der Waals surface area contributed by atoms with Gasteiger partial charge in [-0.25, -0.2) is 9.98 Å². The molecule has 2 rings (SSSR count). The number of hydrogen-bond donors (Lipinski definition) is 2. The van der Waals surface area contributed by atoms with Gasteiger partial charge in [0.05, 0.1) is 36.6 Å². The largest absolute Gasteiger partial charge is 0.379 e. The van der Waals surface area contributed by atoms with Crippen LogP contribution in [0.25, 0.3) is 0 Å². The smallest absolute Gasteiger partial charge is 0.191 e. The van der Waals surface area contributed by atoms with Crippen LogP contribution in [0.15, 0.2) is 10.4 Å². The normalized spacial score (nSPS) is 19.0. The molecule has 24 heavy (non-hydrogen) atoms. The molecule has 1 aromatic heterocycles. The molecule has 0 aromatic carbocycles. The first-order valence-electron chi connectivity index (χ1n) is 8.38. The van der Waals surface area contributed by atoms with Crippen LogP contribution in [0.1, 0.15) is 37.9 Å². The van der Waals surface area contributed by atoms with E-state index in [4.69, 9.17) is 9.47 Å². The summed E-state index contributed by atoms with van der Waals surface area (Å²) in [5, 5.41) is 9.89. The summed E-state index contributed by atoms with van der Waals surface area (Å²) in [6, 6.07) is 0.190. The van der Waals surface area contributed by atoms with E-state index in [0.717, 1.165) is 42.7 Å². The minimum Gasteiger partial charge on any atom is -0.379 e. The molecule has 6 nitrogen and oxygen atoms in total. The number of hydrogen-bond acceptors (Lipinski definition) is 5. The third-order valence-electron chi connectivity index (χ3n) is 3.50. The zero-order valence-corrected chi connectivity index (χ0v) is 17.9. The Hall–Kier alpha value is -0.450. The number of halogens is 1. The van der Waals surface area contributed by atoms with Crippen LogP contribution >= 0.6 is 35.3 Å². The molecule has 1 aliphatic heterocycles. The van der Waals surface area contributed by atoms with Gasteiger partial charge in [-0.15, -0.1) is 35.3 Å². The lowest BCUT2D eigenvalue weighted by Gasteiger charge is -2.19. The molecule has 0 aliphatic carbocycles. The lowest BCUT2D eigenvalue weighted by atomic mass is 10.3. The van der Waals surface area contributed by atoms with Gasteiger partial charge in [-0.05, 0) is 26.7 Å². The predicted octanol–water partition coefficient (Wildman–Crippen LogP) is 2.57. The molecule has 2 heterocycles. The molecule has 2 N–H and O–H groups in total. The summed E-state index contributed by atoms with van der Waals surface area (Å²) >= 11 is 1.70. The number of rotatable bonds is 8. The summed E-state index contributed by atoms with van der Waals surface area (Å²) in [4.78, 5) is 9.16. The van der Waals surface area contributed by atoms with Gasteiger partial charge in [0.25, 0.3) is 0 Å². The van der Waals surface area contributed by atoms with Crippen LogP contribution in [-0.2, 0) is 22.4 Å². The summed E-state index contributed by atoms with van der Waals surface area (Å²) in [5.41, 5.74) is 1.02. The maximum absolute atomic E-state index is 5.84. The van der Waals surface area contributed by atoms with Crippen LogP contribution in [0.3, 0.4) is 0 Å². The van der Waals surface area contributed by atoms with Crippen molar-refractivity contribution < 1.29 is 9.47 Å². The van der Waals surface area contributed by atoms with E-state index < -0.39 is 0 Å². The van der Waals surface area contributed by atoms with Gasteiger partial charge in [-0.1, -0.05) is 6.92 Å². The molecule has 1 saturated heterocycles. The maximum Gasteiger partial charge on any atom is 0.191 e.